The molecule has 1 aromatic heterocycles. The molecule has 0 saturated heterocycles. The number of aromatic nitrogens is 1. The van der Waals surface area contributed by atoms with Crippen molar-refractivity contribution in [1.82, 2.24) is 15.6 Å². The maximum absolute atomic E-state index is 12.5. The van der Waals surface area contributed by atoms with Gasteiger partial charge in [0.15, 0.2) is 11.7 Å². The molecule has 0 unspecified atom stereocenters. The third-order valence-electron chi connectivity index (χ3n) is 4.19. The van der Waals surface area contributed by atoms with Crippen LogP contribution in [0.4, 0.5) is 13.2 Å². The van der Waals surface area contributed by atoms with Crippen LogP contribution in [0.15, 0.2) is 10.4 Å². The Hall–Kier alpha value is -1.31. The average Bonchev–Trinajstić information content (AvgIpc) is 3.12. The van der Waals surface area contributed by atoms with Crippen LogP contribution in [0.3, 0.4) is 0 Å². The molecule has 0 atom stereocenters. The molecule has 8 heteroatoms. The normalized spacial score (nSPS) is 18.2. The van der Waals surface area contributed by atoms with E-state index in [9.17, 15) is 13.2 Å². The largest absolute Gasteiger partial charge is 0.434 e. The van der Waals surface area contributed by atoms with Crippen molar-refractivity contribution in [3.63, 3.8) is 0 Å². The molecule has 130 valence electrons. The molecule has 1 heterocycles. The van der Waals surface area contributed by atoms with Crippen molar-refractivity contribution in [3.05, 3.63) is 16.1 Å². The van der Waals surface area contributed by atoms with Crippen molar-refractivity contribution in [3.8, 4) is 0 Å². The monoisotopic (exact) mass is 348 g/mol. The van der Waals surface area contributed by atoms with E-state index in [1.165, 1.54) is 25.7 Å². The molecule has 23 heavy (non-hydrogen) atoms. The Labute approximate surface area is 138 Å². The number of hydrogen-bond donors (Lipinski definition) is 2. The number of thiazole rings is 1. The number of alkyl halides is 3. The number of nitrogens with one attached hydrogen (secondary N) is 2. The first kappa shape index (κ1) is 18.0. The Morgan fingerprint density at radius 2 is 2.04 bits per heavy atom. The summed E-state index contributed by atoms with van der Waals surface area (Å²) >= 11 is 1.04. The lowest BCUT2D eigenvalue weighted by Gasteiger charge is -2.25. The summed E-state index contributed by atoms with van der Waals surface area (Å²) in [7, 11) is 1.69. The minimum absolute atomic E-state index is 0.314. The Morgan fingerprint density at radius 3 is 2.61 bits per heavy atom. The van der Waals surface area contributed by atoms with Gasteiger partial charge in [-0.3, -0.25) is 4.99 Å². The van der Waals surface area contributed by atoms with E-state index in [0.717, 1.165) is 23.3 Å². The number of rotatable bonds is 5. The van der Waals surface area contributed by atoms with E-state index in [2.05, 4.69) is 27.5 Å². The molecular weight excluding hydrogens is 325 g/mol. The zero-order valence-corrected chi connectivity index (χ0v) is 14.3. The van der Waals surface area contributed by atoms with Crippen LogP contribution in [-0.2, 0) is 12.6 Å². The highest BCUT2D eigenvalue weighted by molar-refractivity contribution is 7.09. The van der Waals surface area contributed by atoms with Gasteiger partial charge in [-0.05, 0) is 18.3 Å². The van der Waals surface area contributed by atoms with Gasteiger partial charge in [-0.15, -0.1) is 11.3 Å². The summed E-state index contributed by atoms with van der Waals surface area (Å²) in [5.41, 5.74) is -0.497. The van der Waals surface area contributed by atoms with E-state index in [-0.39, 0.29) is 0 Å². The zero-order chi connectivity index (χ0) is 16.9. The van der Waals surface area contributed by atoms with E-state index in [1.807, 2.05) is 0 Å². The molecule has 4 nitrogen and oxygen atoms in total. The predicted molar refractivity (Wildman–Crippen MR) is 86.8 cm³/mol. The van der Waals surface area contributed by atoms with Gasteiger partial charge in [0, 0.05) is 31.9 Å². The van der Waals surface area contributed by atoms with Crippen molar-refractivity contribution in [1.29, 1.82) is 0 Å². The molecule has 1 saturated carbocycles. The van der Waals surface area contributed by atoms with E-state index < -0.39 is 11.9 Å². The number of guanidine groups is 1. The molecule has 0 radical (unpaired) electrons. The van der Waals surface area contributed by atoms with Crippen molar-refractivity contribution in [2.75, 3.05) is 20.1 Å². The van der Waals surface area contributed by atoms with Gasteiger partial charge >= 0.3 is 6.18 Å². The van der Waals surface area contributed by atoms with Crippen LogP contribution in [0.5, 0.6) is 0 Å². The Morgan fingerprint density at radius 1 is 1.35 bits per heavy atom. The Bertz CT molecular complexity index is 533. The van der Waals surface area contributed by atoms with Gasteiger partial charge in [0.05, 0.1) is 5.01 Å². The van der Waals surface area contributed by atoms with Gasteiger partial charge in [-0.2, -0.15) is 13.2 Å². The fraction of sp³-hybridized carbons (Fsp3) is 0.733. The number of nitrogens with zero attached hydrogens (tertiary/aromatic N) is 2. The third kappa shape index (κ3) is 5.37. The number of halogens is 3. The van der Waals surface area contributed by atoms with E-state index in [0.29, 0.717) is 29.3 Å². The van der Waals surface area contributed by atoms with Crippen LogP contribution in [0, 0.1) is 5.41 Å². The first-order valence-electron chi connectivity index (χ1n) is 7.78. The first-order chi connectivity index (χ1) is 10.8. The standard InChI is InChI=1S/C15H23F3N4S/c1-14(6-3-4-7-14)10-21-13(19-2)20-8-5-12-22-11(9-23-12)15(16,17)18/h9H,3-8,10H2,1-2H3,(H2,19,20,21). The molecule has 0 amide bonds. The lowest BCUT2D eigenvalue weighted by Crippen LogP contribution is -2.42. The van der Waals surface area contributed by atoms with Crippen molar-refractivity contribution >= 4 is 17.3 Å². The van der Waals surface area contributed by atoms with E-state index in [4.69, 9.17) is 0 Å². The highest BCUT2D eigenvalue weighted by Crippen LogP contribution is 2.36. The Kier molecular flexibility index (Phi) is 5.89. The number of hydrogen-bond acceptors (Lipinski definition) is 3. The summed E-state index contributed by atoms with van der Waals surface area (Å²) in [5.74, 6) is 0.686. The van der Waals surface area contributed by atoms with Gasteiger partial charge in [0.2, 0.25) is 0 Å². The van der Waals surface area contributed by atoms with Crippen LogP contribution in [0.1, 0.15) is 43.3 Å². The fourth-order valence-corrected chi connectivity index (χ4v) is 3.57. The summed E-state index contributed by atoms with van der Waals surface area (Å²) < 4.78 is 37.5. The maximum Gasteiger partial charge on any atom is 0.434 e. The topological polar surface area (TPSA) is 49.3 Å². The minimum Gasteiger partial charge on any atom is -0.356 e. The lowest BCUT2D eigenvalue weighted by molar-refractivity contribution is -0.140. The van der Waals surface area contributed by atoms with Gasteiger partial charge in [0.1, 0.15) is 0 Å². The molecule has 0 spiro atoms. The number of aliphatic imine (C=N–C) groups is 1. The summed E-state index contributed by atoms with van der Waals surface area (Å²) in [6, 6.07) is 0. The second-order valence-electron chi connectivity index (χ2n) is 6.24. The van der Waals surface area contributed by atoms with Crippen LogP contribution >= 0.6 is 11.3 Å². The highest BCUT2D eigenvalue weighted by atomic mass is 32.1. The van der Waals surface area contributed by atoms with Crippen LogP contribution < -0.4 is 10.6 Å². The molecule has 0 aliphatic heterocycles. The quantitative estimate of drug-likeness (QED) is 0.633. The van der Waals surface area contributed by atoms with Crippen LogP contribution in [0.25, 0.3) is 0 Å². The molecule has 1 aliphatic carbocycles. The fourth-order valence-electron chi connectivity index (χ4n) is 2.77. The lowest BCUT2D eigenvalue weighted by atomic mass is 9.89. The first-order valence-corrected chi connectivity index (χ1v) is 8.66. The average molecular weight is 348 g/mol. The summed E-state index contributed by atoms with van der Waals surface area (Å²) in [4.78, 5) is 7.77. The van der Waals surface area contributed by atoms with E-state index in [1.54, 1.807) is 7.05 Å². The highest BCUT2D eigenvalue weighted by Gasteiger charge is 2.33. The van der Waals surface area contributed by atoms with E-state index >= 15 is 0 Å². The molecule has 1 fully saturated rings. The maximum atomic E-state index is 12.5. The van der Waals surface area contributed by atoms with Crippen molar-refractivity contribution < 1.29 is 13.2 Å². The van der Waals surface area contributed by atoms with Crippen molar-refractivity contribution in [2.24, 2.45) is 10.4 Å². The summed E-state index contributed by atoms with van der Waals surface area (Å²) in [6.07, 6.45) is 1.06. The van der Waals surface area contributed by atoms with Gasteiger partial charge < -0.3 is 10.6 Å². The second-order valence-corrected chi connectivity index (χ2v) is 7.19. The Balaban J connectivity index is 1.74. The van der Waals surface area contributed by atoms with Gasteiger partial charge in [-0.25, -0.2) is 4.98 Å². The molecule has 1 aliphatic rings. The molecule has 0 bridgehead atoms. The summed E-state index contributed by atoms with van der Waals surface area (Å²) in [6.45, 7) is 3.64. The zero-order valence-electron chi connectivity index (χ0n) is 13.5. The second kappa shape index (κ2) is 7.51. The SMILES string of the molecule is CN=C(NCCc1nc(C(F)(F)F)cs1)NCC1(C)CCCC1. The molecule has 1 aromatic rings. The molecule has 0 aromatic carbocycles. The van der Waals surface area contributed by atoms with Crippen molar-refractivity contribution in [2.45, 2.75) is 45.2 Å². The molecular formula is C15H23F3N4S. The van der Waals surface area contributed by atoms with Gasteiger partial charge in [-0.1, -0.05) is 19.8 Å². The third-order valence-corrected chi connectivity index (χ3v) is 5.10. The summed E-state index contributed by atoms with van der Waals surface area (Å²) in [5, 5.41) is 7.97. The van der Waals surface area contributed by atoms with Crippen LogP contribution in [0.2, 0.25) is 0 Å². The van der Waals surface area contributed by atoms with Crippen LogP contribution in [-0.4, -0.2) is 31.1 Å². The molecule has 2 rings (SSSR count). The van der Waals surface area contributed by atoms with Gasteiger partial charge in [0.25, 0.3) is 0 Å². The minimum atomic E-state index is -4.36. The predicted octanol–water partition coefficient (Wildman–Crippen LogP) is 3.45. The molecule has 2 N–H and O–H groups in total. The smallest absolute Gasteiger partial charge is 0.356 e.